The van der Waals surface area contributed by atoms with Gasteiger partial charge >= 0.3 is 0 Å². The van der Waals surface area contributed by atoms with E-state index >= 15 is 0 Å². The van der Waals surface area contributed by atoms with Crippen molar-refractivity contribution in [2.24, 2.45) is 7.05 Å². The maximum Gasteiger partial charge on any atom is 0.208 e. The zero-order valence-corrected chi connectivity index (χ0v) is 13.4. The Kier molecular flexibility index (Phi) is 3.37. The maximum absolute atomic E-state index is 13.0. The number of aryl methyl sites for hydroxylation is 1. The molecular weight excluding hydrogens is 357 g/mol. The van der Waals surface area contributed by atoms with Crippen LogP contribution in [0.4, 0.5) is 4.39 Å². The Balaban J connectivity index is 2.28. The van der Waals surface area contributed by atoms with E-state index in [-0.39, 0.29) is 9.79 Å². The summed E-state index contributed by atoms with van der Waals surface area (Å²) in [4.78, 5) is 0.296. The van der Waals surface area contributed by atoms with Gasteiger partial charge in [-0.1, -0.05) is 15.9 Å². The van der Waals surface area contributed by atoms with E-state index in [0.717, 1.165) is 22.1 Å². The molecule has 0 fully saturated rings. The van der Waals surface area contributed by atoms with Crippen molar-refractivity contribution in [2.75, 3.05) is 0 Å². The van der Waals surface area contributed by atoms with Gasteiger partial charge in [-0.15, -0.1) is 0 Å². The van der Waals surface area contributed by atoms with E-state index in [0.29, 0.717) is 5.39 Å². The standard InChI is InChI=1S/C15H11BrFNO2S/c1-18-9-15(13-8-10(16)2-7-14(13)18)21(19,20)12-5-3-11(17)4-6-12/h2-9H,1H3. The number of fused-ring (bicyclic) bond motifs is 1. The highest BCUT2D eigenvalue weighted by Crippen LogP contribution is 2.31. The summed E-state index contributed by atoms with van der Waals surface area (Å²) in [6.45, 7) is 0. The second kappa shape index (κ2) is 4.96. The predicted molar refractivity (Wildman–Crippen MR) is 82.5 cm³/mol. The number of hydrogen-bond donors (Lipinski definition) is 0. The number of benzene rings is 2. The lowest BCUT2D eigenvalue weighted by Gasteiger charge is -2.03. The van der Waals surface area contributed by atoms with E-state index in [2.05, 4.69) is 15.9 Å². The number of hydrogen-bond acceptors (Lipinski definition) is 2. The van der Waals surface area contributed by atoms with Gasteiger partial charge in [-0.25, -0.2) is 12.8 Å². The Hall–Kier alpha value is -1.66. The minimum atomic E-state index is -3.69. The van der Waals surface area contributed by atoms with Gasteiger partial charge in [0.2, 0.25) is 9.84 Å². The normalized spacial score (nSPS) is 12.0. The van der Waals surface area contributed by atoms with Crippen LogP contribution in [0.15, 0.2) is 62.9 Å². The molecule has 0 saturated carbocycles. The smallest absolute Gasteiger partial charge is 0.208 e. The second-order valence-electron chi connectivity index (χ2n) is 4.72. The lowest BCUT2D eigenvalue weighted by molar-refractivity contribution is 0.595. The van der Waals surface area contributed by atoms with E-state index in [9.17, 15) is 12.8 Å². The van der Waals surface area contributed by atoms with Crippen molar-refractivity contribution in [1.29, 1.82) is 0 Å². The van der Waals surface area contributed by atoms with Crippen molar-refractivity contribution in [2.45, 2.75) is 9.79 Å². The number of sulfone groups is 1. The first-order valence-corrected chi connectivity index (χ1v) is 8.42. The quantitative estimate of drug-likeness (QED) is 0.644. The Morgan fingerprint density at radius 3 is 2.43 bits per heavy atom. The second-order valence-corrected chi connectivity index (χ2v) is 7.56. The Morgan fingerprint density at radius 1 is 1.10 bits per heavy atom. The van der Waals surface area contributed by atoms with Crippen molar-refractivity contribution in [3.8, 4) is 0 Å². The van der Waals surface area contributed by atoms with Crippen LogP contribution in [0.5, 0.6) is 0 Å². The minimum Gasteiger partial charge on any atom is -0.349 e. The molecule has 0 radical (unpaired) electrons. The van der Waals surface area contributed by atoms with Crippen LogP contribution < -0.4 is 0 Å². The first kappa shape index (κ1) is 14.3. The largest absolute Gasteiger partial charge is 0.349 e. The summed E-state index contributed by atoms with van der Waals surface area (Å²) < 4.78 is 41.0. The van der Waals surface area contributed by atoms with Gasteiger partial charge in [-0.3, -0.25) is 0 Å². The van der Waals surface area contributed by atoms with Gasteiger partial charge in [0.1, 0.15) is 5.82 Å². The average Bonchev–Trinajstić information content (AvgIpc) is 2.76. The fourth-order valence-electron chi connectivity index (χ4n) is 2.28. The topological polar surface area (TPSA) is 39.1 Å². The van der Waals surface area contributed by atoms with Crippen LogP contribution in [0.25, 0.3) is 10.9 Å². The minimum absolute atomic E-state index is 0.0800. The summed E-state index contributed by atoms with van der Waals surface area (Å²) in [5.41, 5.74) is 0.818. The molecule has 0 amide bonds. The summed E-state index contributed by atoms with van der Waals surface area (Å²) >= 11 is 3.35. The van der Waals surface area contributed by atoms with Gasteiger partial charge in [-0.05, 0) is 42.5 Å². The highest BCUT2D eigenvalue weighted by atomic mass is 79.9. The van der Waals surface area contributed by atoms with Crippen LogP contribution in [0.3, 0.4) is 0 Å². The van der Waals surface area contributed by atoms with Crippen LogP contribution in [-0.4, -0.2) is 13.0 Å². The molecule has 3 rings (SSSR count). The molecule has 6 heteroatoms. The van der Waals surface area contributed by atoms with Gasteiger partial charge in [0, 0.05) is 28.6 Å². The summed E-state index contributed by atoms with van der Waals surface area (Å²) in [6, 6.07) is 10.3. The van der Waals surface area contributed by atoms with E-state index in [1.165, 1.54) is 12.1 Å². The fraction of sp³-hybridized carbons (Fsp3) is 0.0667. The lowest BCUT2D eigenvalue weighted by atomic mass is 10.2. The number of halogens is 2. The van der Waals surface area contributed by atoms with Crippen molar-refractivity contribution >= 4 is 36.7 Å². The summed E-state index contributed by atoms with van der Waals surface area (Å²) in [5.74, 6) is -0.463. The van der Waals surface area contributed by atoms with Crippen molar-refractivity contribution < 1.29 is 12.8 Å². The van der Waals surface area contributed by atoms with Gasteiger partial charge in [0.25, 0.3) is 0 Å². The monoisotopic (exact) mass is 367 g/mol. The number of aromatic nitrogens is 1. The predicted octanol–water partition coefficient (Wildman–Crippen LogP) is 3.91. The van der Waals surface area contributed by atoms with Crippen LogP contribution in [0, 0.1) is 5.82 Å². The zero-order valence-electron chi connectivity index (χ0n) is 11.0. The average molecular weight is 368 g/mol. The van der Waals surface area contributed by atoms with Crippen molar-refractivity contribution in [3.05, 3.63) is 59.0 Å². The molecule has 2 aromatic carbocycles. The summed E-state index contributed by atoms with van der Waals surface area (Å²) in [7, 11) is -1.90. The van der Waals surface area contributed by atoms with Gasteiger partial charge in [0.05, 0.1) is 9.79 Å². The van der Waals surface area contributed by atoms with E-state index in [4.69, 9.17) is 0 Å². The molecule has 0 spiro atoms. The molecule has 0 aliphatic carbocycles. The molecule has 3 nitrogen and oxygen atoms in total. The fourth-order valence-corrected chi connectivity index (χ4v) is 4.14. The summed E-state index contributed by atoms with van der Waals surface area (Å²) in [5, 5.41) is 0.635. The maximum atomic E-state index is 13.0. The lowest BCUT2D eigenvalue weighted by Crippen LogP contribution is -2.01. The van der Waals surface area contributed by atoms with Crippen LogP contribution >= 0.6 is 15.9 Å². The molecule has 3 aromatic rings. The third kappa shape index (κ3) is 2.38. The van der Waals surface area contributed by atoms with Gasteiger partial charge < -0.3 is 4.57 Å². The van der Waals surface area contributed by atoms with E-state index < -0.39 is 15.7 Å². The van der Waals surface area contributed by atoms with E-state index in [1.54, 1.807) is 23.9 Å². The molecule has 21 heavy (non-hydrogen) atoms. The highest BCUT2D eigenvalue weighted by Gasteiger charge is 2.22. The molecule has 108 valence electrons. The Labute approximate surface area is 130 Å². The third-order valence-electron chi connectivity index (χ3n) is 3.33. The van der Waals surface area contributed by atoms with E-state index in [1.807, 2.05) is 12.1 Å². The first-order valence-electron chi connectivity index (χ1n) is 6.15. The van der Waals surface area contributed by atoms with Crippen molar-refractivity contribution in [1.82, 2.24) is 4.57 Å². The Morgan fingerprint density at radius 2 is 1.76 bits per heavy atom. The van der Waals surface area contributed by atoms with Crippen LogP contribution in [0.2, 0.25) is 0 Å². The van der Waals surface area contributed by atoms with Gasteiger partial charge in [0.15, 0.2) is 0 Å². The molecule has 0 bridgehead atoms. The molecule has 0 unspecified atom stereocenters. The van der Waals surface area contributed by atoms with Crippen LogP contribution in [-0.2, 0) is 16.9 Å². The van der Waals surface area contributed by atoms with Crippen molar-refractivity contribution in [3.63, 3.8) is 0 Å². The number of rotatable bonds is 2. The molecule has 0 aliphatic heterocycles. The molecule has 0 N–H and O–H groups in total. The SMILES string of the molecule is Cn1cc(S(=O)(=O)c2ccc(F)cc2)c2cc(Br)ccc21. The molecule has 1 heterocycles. The molecular formula is C15H11BrFNO2S. The zero-order chi connectivity index (χ0) is 15.2. The Bertz CT molecular complexity index is 930. The third-order valence-corrected chi connectivity index (χ3v) is 5.62. The van der Waals surface area contributed by atoms with Gasteiger partial charge in [-0.2, -0.15) is 0 Å². The number of nitrogens with zero attached hydrogens (tertiary/aromatic N) is 1. The first-order chi connectivity index (χ1) is 9.89. The highest BCUT2D eigenvalue weighted by molar-refractivity contribution is 9.10. The molecule has 0 atom stereocenters. The molecule has 1 aromatic heterocycles. The van der Waals surface area contributed by atoms with Crippen LogP contribution in [0.1, 0.15) is 0 Å². The molecule has 0 saturated heterocycles. The molecule has 0 aliphatic rings. The summed E-state index contributed by atoms with van der Waals surface area (Å²) in [6.07, 6.45) is 1.58.